The molecule has 0 radical (unpaired) electrons. The summed E-state index contributed by atoms with van der Waals surface area (Å²) in [6, 6.07) is 25.5. The van der Waals surface area contributed by atoms with Gasteiger partial charge >= 0.3 is 5.97 Å². The molecule has 29 heavy (non-hydrogen) atoms. The van der Waals surface area contributed by atoms with Crippen LogP contribution in [0.1, 0.15) is 28.7 Å². The third-order valence-electron chi connectivity index (χ3n) is 5.63. The summed E-state index contributed by atoms with van der Waals surface area (Å²) in [5, 5.41) is 0. The molecule has 4 nitrogen and oxygen atoms in total. The zero-order valence-electron chi connectivity index (χ0n) is 16.6. The van der Waals surface area contributed by atoms with Crippen LogP contribution < -0.4 is 4.90 Å². The number of carbonyl (C=O) groups is 2. The summed E-state index contributed by atoms with van der Waals surface area (Å²) in [7, 11) is 1.36. The van der Waals surface area contributed by atoms with Gasteiger partial charge in [-0.2, -0.15) is 0 Å². The Morgan fingerprint density at radius 1 is 0.931 bits per heavy atom. The van der Waals surface area contributed by atoms with Crippen LogP contribution in [0.15, 0.2) is 78.9 Å². The van der Waals surface area contributed by atoms with Crippen LogP contribution in [0.5, 0.6) is 0 Å². The summed E-state index contributed by atoms with van der Waals surface area (Å²) in [5.41, 5.74) is 3.53. The normalized spacial score (nSPS) is 17.9. The van der Waals surface area contributed by atoms with E-state index < -0.39 is 11.4 Å². The number of fused-ring (bicyclic) bond motifs is 1. The van der Waals surface area contributed by atoms with Crippen LogP contribution in [0.3, 0.4) is 0 Å². The van der Waals surface area contributed by atoms with E-state index in [1.807, 2.05) is 85.8 Å². The molecule has 1 aliphatic rings. The number of esters is 1. The maximum absolute atomic E-state index is 13.9. The predicted molar refractivity (Wildman–Crippen MR) is 113 cm³/mol. The number of amides is 1. The van der Waals surface area contributed by atoms with Crippen molar-refractivity contribution in [2.24, 2.45) is 0 Å². The van der Waals surface area contributed by atoms with E-state index in [4.69, 9.17) is 4.74 Å². The minimum absolute atomic E-state index is 0.0340. The molecule has 0 saturated heterocycles. The molecule has 0 fully saturated rings. The van der Waals surface area contributed by atoms with E-state index in [9.17, 15) is 9.59 Å². The lowest BCUT2D eigenvalue weighted by atomic mass is 9.72. The number of nitrogens with zero attached hydrogens (tertiary/aromatic N) is 1. The molecule has 0 N–H and O–H groups in total. The number of anilines is 1. The molecule has 0 unspecified atom stereocenters. The lowest BCUT2D eigenvalue weighted by Gasteiger charge is -2.28. The van der Waals surface area contributed by atoms with Crippen molar-refractivity contribution in [1.82, 2.24) is 0 Å². The Labute approximate surface area is 170 Å². The number of aryl methyl sites for hydroxylation is 1. The molecule has 0 saturated carbocycles. The first-order valence-electron chi connectivity index (χ1n) is 9.65. The van der Waals surface area contributed by atoms with Crippen molar-refractivity contribution in [3.05, 3.63) is 101 Å². The SMILES string of the molecule is COC(=O)C[C@@]1(c2ccc(C)cc2)C(=O)N(Cc2ccccc2)c2ccccc21. The van der Waals surface area contributed by atoms with Crippen LogP contribution in [-0.2, 0) is 26.3 Å². The molecular formula is C25H23NO3. The highest BCUT2D eigenvalue weighted by atomic mass is 16.5. The number of carbonyl (C=O) groups excluding carboxylic acids is 2. The van der Waals surface area contributed by atoms with Gasteiger partial charge in [0, 0.05) is 5.69 Å². The second kappa shape index (κ2) is 7.55. The number of para-hydroxylation sites is 1. The average molecular weight is 385 g/mol. The van der Waals surface area contributed by atoms with E-state index in [-0.39, 0.29) is 12.3 Å². The van der Waals surface area contributed by atoms with Gasteiger partial charge in [-0.25, -0.2) is 0 Å². The maximum Gasteiger partial charge on any atom is 0.307 e. The Bertz CT molecular complexity index is 1040. The molecule has 3 aromatic rings. The van der Waals surface area contributed by atoms with Crippen molar-refractivity contribution in [3.8, 4) is 0 Å². The number of benzene rings is 3. The quantitative estimate of drug-likeness (QED) is 0.612. The van der Waals surface area contributed by atoms with E-state index in [1.165, 1.54) is 7.11 Å². The predicted octanol–water partition coefficient (Wildman–Crippen LogP) is 4.39. The zero-order chi connectivity index (χ0) is 20.4. The minimum Gasteiger partial charge on any atom is -0.469 e. The van der Waals surface area contributed by atoms with Crippen molar-refractivity contribution in [3.63, 3.8) is 0 Å². The summed E-state index contributed by atoms with van der Waals surface area (Å²) < 4.78 is 4.99. The highest BCUT2D eigenvalue weighted by Crippen LogP contribution is 2.49. The fourth-order valence-corrected chi connectivity index (χ4v) is 4.13. The van der Waals surface area contributed by atoms with Gasteiger partial charge in [-0.1, -0.05) is 78.4 Å². The number of rotatable bonds is 5. The van der Waals surface area contributed by atoms with Gasteiger partial charge in [-0.3, -0.25) is 9.59 Å². The largest absolute Gasteiger partial charge is 0.469 e. The molecule has 4 heteroatoms. The second-order valence-electron chi connectivity index (χ2n) is 7.42. The first kappa shape index (κ1) is 18.9. The van der Waals surface area contributed by atoms with Crippen LogP contribution in [0, 0.1) is 6.92 Å². The van der Waals surface area contributed by atoms with Gasteiger partial charge in [0.15, 0.2) is 0 Å². The summed E-state index contributed by atoms with van der Waals surface area (Å²) in [4.78, 5) is 28.2. The van der Waals surface area contributed by atoms with Crippen LogP contribution in [0.25, 0.3) is 0 Å². The Kier molecular flexibility index (Phi) is 4.93. The molecule has 3 aromatic carbocycles. The van der Waals surface area contributed by atoms with Gasteiger partial charge < -0.3 is 9.64 Å². The van der Waals surface area contributed by atoms with E-state index in [0.29, 0.717) is 6.54 Å². The van der Waals surface area contributed by atoms with Crippen LogP contribution in [0.2, 0.25) is 0 Å². The Balaban J connectivity index is 1.89. The monoisotopic (exact) mass is 385 g/mol. The molecule has 1 aliphatic heterocycles. The third-order valence-corrected chi connectivity index (χ3v) is 5.63. The lowest BCUT2D eigenvalue weighted by Crippen LogP contribution is -2.42. The molecule has 1 heterocycles. The highest BCUT2D eigenvalue weighted by Gasteiger charge is 2.53. The first-order valence-corrected chi connectivity index (χ1v) is 9.65. The molecule has 0 aliphatic carbocycles. The van der Waals surface area contributed by atoms with Crippen LogP contribution in [-0.4, -0.2) is 19.0 Å². The van der Waals surface area contributed by atoms with Gasteiger partial charge in [0.1, 0.15) is 5.41 Å². The molecule has 0 spiro atoms. The van der Waals surface area contributed by atoms with Gasteiger partial charge in [0.05, 0.1) is 20.1 Å². The minimum atomic E-state index is -1.09. The summed E-state index contributed by atoms with van der Waals surface area (Å²) in [6.45, 7) is 2.45. The van der Waals surface area contributed by atoms with Gasteiger partial charge in [-0.05, 0) is 29.7 Å². The van der Waals surface area contributed by atoms with E-state index >= 15 is 0 Å². The Morgan fingerprint density at radius 2 is 1.59 bits per heavy atom. The molecule has 0 bridgehead atoms. The molecule has 1 amide bonds. The van der Waals surface area contributed by atoms with E-state index in [0.717, 1.165) is 27.9 Å². The number of methoxy groups -OCH3 is 1. The van der Waals surface area contributed by atoms with Crippen molar-refractivity contribution in [1.29, 1.82) is 0 Å². The topological polar surface area (TPSA) is 46.6 Å². The lowest BCUT2D eigenvalue weighted by molar-refractivity contribution is -0.143. The van der Waals surface area contributed by atoms with Crippen molar-refractivity contribution < 1.29 is 14.3 Å². The first-order chi connectivity index (χ1) is 14.1. The van der Waals surface area contributed by atoms with Crippen molar-refractivity contribution >= 4 is 17.6 Å². The van der Waals surface area contributed by atoms with Gasteiger partial charge in [0.25, 0.3) is 0 Å². The van der Waals surface area contributed by atoms with Crippen LogP contribution in [0.4, 0.5) is 5.69 Å². The average Bonchev–Trinajstić information content (AvgIpc) is 2.98. The standard InChI is InChI=1S/C25H23NO3/c1-18-12-14-20(15-13-18)25(16-23(27)29-2)21-10-6-7-11-22(21)26(24(25)28)17-19-8-4-3-5-9-19/h3-15H,16-17H2,1-2H3/t25-/m0/s1. The number of ether oxygens (including phenoxy) is 1. The van der Waals surface area contributed by atoms with Crippen molar-refractivity contribution in [2.75, 3.05) is 12.0 Å². The molecule has 1 atom stereocenters. The maximum atomic E-state index is 13.9. The fourth-order valence-electron chi connectivity index (χ4n) is 4.13. The summed E-state index contributed by atoms with van der Waals surface area (Å²) in [6.07, 6.45) is -0.0340. The molecule has 146 valence electrons. The zero-order valence-corrected chi connectivity index (χ0v) is 16.6. The highest BCUT2D eigenvalue weighted by molar-refractivity contribution is 6.12. The third kappa shape index (κ3) is 3.21. The van der Waals surface area contributed by atoms with E-state index in [2.05, 4.69) is 0 Å². The number of hydrogen-bond acceptors (Lipinski definition) is 3. The Hall–Kier alpha value is -3.40. The van der Waals surface area contributed by atoms with Gasteiger partial charge in [-0.15, -0.1) is 0 Å². The smallest absolute Gasteiger partial charge is 0.307 e. The fraction of sp³-hybridized carbons (Fsp3) is 0.200. The molecular weight excluding hydrogens is 362 g/mol. The van der Waals surface area contributed by atoms with Crippen molar-refractivity contribution in [2.45, 2.75) is 25.3 Å². The van der Waals surface area contributed by atoms with E-state index in [1.54, 1.807) is 4.90 Å². The summed E-state index contributed by atoms with van der Waals surface area (Å²) in [5.74, 6) is -0.507. The molecule has 4 rings (SSSR count). The van der Waals surface area contributed by atoms with Crippen LogP contribution >= 0.6 is 0 Å². The van der Waals surface area contributed by atoms with Gasteiger partial charge in [0.2, 0.25) is 5.91 Å². The second-order valence-corrected chi connectivity index (χ2v) is 7.42. The molecule has 0 aromatic heterocycles. The summed E-state index contributed by atoms with van der Waals surface area (Å²) >= 11 is 0. The number of hydrogen-bond donors (Lipinski definition) is 0. The Morgan fingerprint density at radius 3 is 2.28 bits per heavy atom.